The number of benzene rings is 1. The second kappa shape index (κ2) is 6.24. The highest BCUT2D eigenvalue weighted by molar-refractivity contribution is 7.21. The van der Waals surface area contributed by atoms with Crippen LogP contribution in [0.25, 0.3) is 10.1 Å². The molecule has 0 radical (unpaired) electrons. The van der Waals surface area contributed by atoms with Gasteiger partial charge >= 0.3 is 0 Å². The van der Waals surface area contributed by atoms with E-state index in [1.807, 2.05) is 12.1 Å². The molecule has 0 saturated carbocycles. The SMILES string of the molecule is CCC(CC)(CC)NC(=O)c1sc2cccc(Cl)c2c1N. The Morgan fingerprint density at radius 3 is 2.43 bits per heavy atom. The lowest BCUT2D eigenvalue weighted by Gasteiger charge is -2.31. The molecule has 21 heavy (non-hydrogen) atoms. The van der Waals surface area contributed by atoms with Crippen molar-refractivity contribution in [1.82, 2.24) is 5.32 Å². The fourth-order valence-corrected chi connectivity index (χ4v) is 3.99. The Bertz CT molecular complexity index is 653. The fourth-order valence-electron chi connectivity index (χ4n) is 2.61. The van der Waals surface area contributed by atoms with Gasteiger partial charge in [0.05, 0.1) is 10.7 Å². The minimum Gasteiger partial charge on any atom is -0.397 e. The molecule has 2 aromatic rings. The van der Waals surface area contributed by atoms with Gasteiger partial charge in [-0.15, -0.1) is 11.3 Å². The van der Waals surface area contributed by atoms with Crippen LogP contribution in [0.2, 0.25) is 5.02 Å². The number of halogens is 1. The highest BCUT2D eigenvalue weighted by Gasteiger charge is 2.28. The molecule has 0 spiro atoms. The third-order valence-corrected chi connectivity index (χ3v) is 5.80. The van der Waals surface area contributed by atoms with Gasteiger partial charge in [-0.1, -0.05) is 38.4 Å². The first-order valence-corrected chi connectivity index (χ1v) is 8.46. The summed E-state index contributed by atoms with van der Waals surface area (Å²) in [7, 11) is 0. The maximum atomic E-state index is 12.6. The number of hydrogen-bond donors (Lipinski definition) is 2. The van der Waals surface area contributed by atoms with E-state index >= 15 is 0 Å². The number of fused-ring (bicyclic) bond motifs is 1. The number of carbonyl (C=O) groups excluding carboxylic acids is 1. The standard InChI is InChI=1S/C16H21ClN2OS/c1-4-16(5-2,6-3)19-15(20)14-13(18)12-10(17)8-7-9-11(12)21-14/h7-9H,4-6,18H2,1-3H3,(H,19,20). The molecular weight excluding hydrogens is 304 g/mol. The Labute approximate surface area is 134 Å². The van der Waals surface area contributed by atoms with Crippen molar-refractivity contribution < 1.29 is 4.79 Å². The molecule has 0 fully saturated rings. The second-order valence-electron chi connectivity index (χ2n) is 5.25. The largest absolute Gasteiger partial charge is 0.397 e. The molecule has 3 nitrogen and oxygen atoms in total. The maximum Gasteiger partial charge on any atom is 0.263 e. The van der Waals surface area contributed by atoms with Crippen LogP contribution in [0.1, 0.15) is 49.7 Å². The van der Waals surface area contributed by atoms with Crippen molar-refractivity contribution in [2.45, 2.75) is 45.6 Å². The smallest absolute Gasteiger partial charge is 0.263 e. The minimum absolute atomic E-state index is 0.102. The van der Waals surface area contributed by atoms with Gasteiger partial charge in [-0.25, -0.2) is 0 Å². The summed E-state index contributed by atoms with van der Waals surface area (Å²) in [5, 5.41) is 4.54. The van der Waals surface area contributed by atoms with E-state index in [1.165, 1.54) is 11.3 Å². The van der Waals surface area contributed by atoms with Gasteiger partial charge in [0.1, 0.15) is 4.88 Å². The lowest BCUT2D eigenvalue weighted by atomic mass is 9.89. The summed E-state index contributed by atoms with van der Waals surface area (Å²) in [6, 6.07) is 5.60. The third-order valence-electron chi connectivity index (χ3n) is 4.32. The molecule has 0 aliphatic heterocycles. The van der Waals surface area contributed by atoms with Crippen LogP contribution in [0, 0.1) is 0 Å². The molecule has 0 aliphatic rings. The molecule has 0 saturated heterocycles. The third kappa shape index (κ3) is 2.87. The van der Waals surface area contributed by atoms with E-state index < -0.39 is 0 Å². The summed E-state index contributed by atoms with van der Waals surface area (Å²) in [5.74, 6) is -0.102. The Hall–Kier alpha value is -1.26. The number of nitrogen functional groups attached to an aromatic ring is 1. The monoisotopic (exact) mass is 324 g/mol. The lowest BCUT2D eigenvalue weighted by molar-refractivity contribution is 0.0893. The van der Waals surface area contributed by atoms with Crippen molar-refractivity contribution in [2.24, 2.45) is 0 Å². The number of nitrogens with two attached hydrogens (primary N) is 1. The number of carbonyl (C=O) groups is 1. The summed E-state index contributed by atoms with van der Waals surface area (Å²) in [6.45, 7) is 6.29. The number of nitrogens with one attached hydrogen (secondary N) is 1. The zero-order chi connectivity index (χ0) is 15.6. The minimum atomic E-state index is -0.163. The summed E-state index contributed by atoms with van der Waals surface area (Å²) >= 11 is 7.59. The Morgan fingerprint density at radius 2 is 1.90 bits per heavy atom. The predicted octanol–water partition coefficient (Wildman–Crippen LogP) is 4.84. The van der Waals surface area contributed by atoms with Crippen LogP contribution in [-0.2, 0) is 0 Å². The second-order valence-corrected chi connectivity index (χ2v) is 6.71. The summed E-state index contributed by atoms with van der Waals surface area (Å²) in [5.41, 5.74) is 6.47. The first kappa shape index (κ1) is 16.1. The number of rotatable bonds is 5. The van der Waals surface area contributed by atoms with Gasteiger partial charge in [-0.05, 0) is 31.4 Å². The van der Waals surface area contributed by atoms with Gasteiger partial charge in [0.2, 0.25) is 0 Å². The molecule has 114 valence electrons. The van der Waals surface area contributed by atoms with Crippen molar-refractivity contribution in [3.8, 4) is 0 Å². The normalized spacial score (nSPS) is 11.8. The first-order chi connectivity index (χ1) is 9.98. The maximum absolute atomic E-state index is 12.6. The van der Waals surface area contributed by atoms with Crippen molar-refractivity contribution in [3.63, 3.8) is 0 Å². The van der Waals surface area contributed by atoms with E-state index in [0.717, 1.165) is 29.3 Å². The Balaban J connectivity index is 2.41. The molecule has 0 unspecified atom stereocenters. The number of thiophene rings is 1. The molecule has 3 N–H and O–H groups in total. The molecule has 1 aromatic heterocycles. The molecule has 1 amide bonds. The lowest BCUT2D eigenvalue weighted by Crippen LogP contribution is -2.47. The van der Waals surface area contributed by atoms with Gasteiger partial charge in [-0.2, -0.15) is 0 Å². The summed E-state index contributed by atoms with van der Waals surface area (Å²) in [6.07, 6.45) is 2.70. The molecule has 0 aliphatic carbocycles. The van der Waals surface area contributed by atoms with Gasteiger partial charge in [0.15, 0.2) is 0 Å². The van der Waals surface area contributed by atoms with Crippen LogP contribution >= 0.6 is 22.9 Å². The molecule has 1 heterocycles. The van der Waals surface area contributed by atoms with Crippen molar-refractivity contribution in [1.29, 1.82) is 0 Å². The van der Waals surface area contributed by atoms with Crippen LogP contribution < -0.4 is 11.1 Å². The number of amides is 1. The molecule has 0 atom stereocenters. The van der Waals surface area contributed by atoms with Crippen molar-refractivity contribution >= 4 is 44.6 Å². The Kier molecular flexibility index (Phi) is 4.79. The summed E-state index contributed by atoms with van der Waals surface area (Å²) < 4.78 is 0.945. The number of hydrogen-bond acceptors (Lipinski definition) is 3. The van der Waals surface area contributed by atoms with Gasteiger partial charge in [0, 0.05) is 15.6 Å². The zero-order valence-electron chi connectivity index (χ0n) is 12.6. The topological polar surface area (TPSA) is 55.1 Å². The predicted molar refractivity (Wildman–Crippen MR) is 92.3 cm³/mol. The van der Waals surface area contributed by atoms with Crippen LogP contribution in [0.15, 0.2) is 18.2 Å². The van der Waals surface area contributed by atoms with E-state index in [-0.39, 0.29) is 11.4 Å². The van der Waals surface area contributed by atoms with E-state index in [1.54, 1.807) is 6.07 Å². The van der Waals surface area contributed by atoms with Crippen LogP contribution in [0.4, 0.5) is 5.69 Å². The number of anilines is 1. The van der Waals surface area contributed by atoms with Crippen LogP contribution in [0.5, 0.6) is 0 Å². The van der Waals surface area contributed by atoms with Gasteiger partial charge in [-0.3, -0.25) is 4.79 Å². The fraction of sp³-hybridized carbons (Fsp3) is 0.438. The highest BCUT2D eigenvalue weighted by Crippen LogP contribution is 2.38. The molecule has 1 aromatic carbocycles. The highest BCUT2D eigenvalue weighted by atomic mass is 35.5. The molecule has 0 bridgehead atoms. The van der Waals surface area contributed by atoms with E-state index in [4.69, 9.17) is 17.3 Å². The van der Waals surface area contributed by atoms with Crippen LogP contribution in [0.3, 0.4) is 0 Å². The average Bonchev–Trinajstić information content (AvgIpc) is 2.83. The molecule has 5 heteroatoms. The first-order valence-electron chi connectivity index (χ1n) is 7.27. The Morgan fingerprint density at radius 1 is 1.29 bits per heavy atom. The zero-order valence-corrected chi connectivity index (χ0v) is 14.2. The van der Waals surface area contributed by atoms with E-state index in [0.29, 0.717) is 15.6 Å². The van der Waals surface area contributed by atoms with Crippen molar-refractivity contribution in [2.75, 3.05) is 5.73 Å². The molecular formula is C16H21ClN2OS. The van der Waals surface area contributed by atoms with Gasteiger partial charge < -0.3 is 11.1 Å². The summed E-state index contributed by atoms with van der Waals surface area (Å²) in [4.78, 5) is 13.2. The van der Waals surface area contributed by atoms with E-state index in [9.17, 15) is 4.79 Å². The van der Waals surface area contributed by atoms with Crippen molar-refractivity contribution in [3.05, 3.63) is 28.1 Å². The quantitative estimate of drug-likeness (QED) is 0.827. The van der Waals surface area contributed by atoms with Gasteiger partial charge in [0.25, 0.3) is 5.91 Å². The molecule has 2 rings (SSSR count). The average molecular weight is 325 g/mol. The van der Waals surface area contributed by atoms with E-state index in [2.05, 4.69) is 26.1 Å². The van der Waals surface area contributed by atoms with Crippen LogP contribution in [-0.4, -0.2) is 11.4 Å².